The van der Waals surface area contributed by atoms with Gasteiger partial charge in [-0.15, -0.1) is 0 Å². The molecule has 3 N–H and O–H groups in total. The van der Waals surface area contributed by atoms with Crippen LogP contribution in [-0.4, -0.2) is 32.9 Å². The zero-order valence-electron chi connectivity index (χ0n) is 18.5. The van der Waals surface area contributed by atoms with Crippen LogP contribution in [0.2, 0.25) is 0 Å². The first-order valence-electron chi connectivity index (χ1n) is 10.4. The minimum absolute atomic E-state index is 0. The van der Waals surface area contributed by atoms with Crippen molar-refractivity contribution in [2.45, 2.75) is 4.90 Å². The predicted octanol–water partition coefficient (Wildman–Crippen LogP) is 5.39. The van der Waals surface area contributed by atoms with Crippen molar-refractivity contribution in [2.75, 3.05) is 0 Å². The number of aromatic amines is 2. The Labute approximate surface area is 214 Å². The molecule has 2 aliphatic heterocycles. The van der Waals surface area contributed by atoms with Crippen molar-refractivity contribution in [3.8, 4) is 0 Å². The molecule has 0 radical (unpaired) electrons. The van der Waals surface area contributed by atoms with Crippen molar-refractivity contribution in [1.82, 2.24) is 19.9 Å². The third-order valence-electron chi connectivity index (χ3n) is 5.02. The number of nitrogens with one attached hydrogen (secondary N) is 2. The molecule has 0 spiro atoms. The number of rotatable bonds is 1. The van der Waals surface area contributed by atoms with Crippen molar-refractivity contribution in [3.63, 3.8) is 0 Å². The van der Waals surface area contributed by atoms with Gasteiger partial charge < -0.3 is 9.97 Å². The molecule has 0 unspecified atom stereocenters. The van der Waals surface area contributed by atoms with E-state index < -0.39 is 10.1 Å². The third kappa shape index (κ3) is 6.08. The monoisotopic (exact) mass is 531 g/mol. The van der Waals surface area contributed by atoms with Crippen molar-refractivity contribution >= 4 is 56.5 Å². The first-order chi connectivity index (χ1) is 16.4. The molecule has 0 saturated heterocycles. The molecule has 0 atom stereocenters. The van der Waals surface area contributed by atoms with Crippen LogP contribution in [0.5, 0.6) is 0 Å². The molecule has 0 fully saturated rings. The number of H-pyrrole nitrogens is 2. The summed E-state index contributed by atoms with van der Waals surface area (Å²) in [6.45, 7) is 0. The van der Waals surface area contributed by atoms with Gasteiger partial charge in [0.15, 0.2) is 0 Å². The van der Waals surface area contributed by atoms with Crippen LogP contribution in [0.4, 0.5) is 0 Å². The van der Waals surface area contributed by atoms with Crippen molar-refractivity contribution < 1.29 is 32.4 Å². The van der Waals surface area contributed by atoms with E-state index in [1.807, 2.05) is 72.8 Å². The summed E-state index contributed by atoms with van der Waals surface area (Å²) in [4.78, 5) is 15.1. The quantitative estimate of drug-likeness (QED) is 0.149. The molecule has 1 aromatic carbocycles. The van der Waals surface area contributed by atoms with Crippen LogP contribution in [0, 0.1) is 6.07 Å². The van der Waals surface area contributed by atoms with Crippen LogP contribution >= 0.6 is 0 Å². The number of benzene rings is 1. The smallest absolute Gasteiger partial charge is 0.296 e. The maximum absolute atomic E-state index is 11.8. The van der Waals surface area contributed by atoms with E-state index in [4.69, 9.17) is 0 Å². The summed E-state index contributed by atoms with van der Waals surface area (Å²) < 4.78 is 33.2. The van der Waals surface area contributed by atoms with Gasteiger partial charge in [0.05, 0.1) is 28.3 Å². The third-order valence-corrected chi connectivity index (χ3v) is 5.91. The molecule has 35 heavy (non-hydrogen) atoms. The van der Waals surface area contributed by atoms with E-state index >= 15 is 0 Å². The van der Waals surface area contributed by atoms with E-state index in [1.54, 1.807) is 18.2 Å². The van der Waals surface area contributed by atoms with Crippen molar-refractivity contribution in [3.05, 3.63) is 102 Å². The van der Waals surface area contributed by atoms with Crippen LogP contribution in [-0.2, 0) is 29.6 Å². The molecule has 170 valence electrons. The minimum Gasteiger partial charge on any atom is -0.355 e. The Morgan fingerprint density at radius 3 is 1.80 bits per heavy atom. The summed E-state index contributed by atoms with van der Waals surface area (Å²) in [6.07, 6.45) is 7.43. The van der Waals surface area contributed by atoms with Gasteiger partial charge in [-0.05, 0) is 66.8 Å². The number of hydrogen-bond acceptors (Lipinski definition) is 4. The number of hydrogen-bond donors (Lipinski definition) is 3. The first kappa shape index (κ1) is 24.5. The summed E-state index contributed by atoms with van der Waals surface area (Å²) in [6, 6.07) is 24.8. The van der Waals surface area contributed by atoms with Gasteiger partial charge in [-0.1, -0.05) is 0 Å². The molecule has 6 rings (SSSR count). The van der Waals surface area contributed by atoms with Gasteiger partial charge in [-0.25, -0.2) is 9.97 Å². The van der Waals surface area contributed by atoms with E-state index in [0.29, 0.717) is 16.9 Å². The zero-order valence-corrected chi connectivity index (χ0v) is 22.3. The van der Waals surface area contributed by atoms with Gasteiger partial charge in [-0.3, -0.25) is 4.55 Å². The van der Waals surface area contributed by atoms with Gasteiger partial charge in [-0.2, -0.15) is 44.8 Å². The molecule has 8 bridgehead atoms. The van der Waals surface area contributed by atoms with E-state index in [0.717, 1.165) is 22.4 Å². The van der Waals surface area contributed by atoms with Crippen molar-refractivity contribution in [2.24, 2.45) is 0 Å². The maximum Gasteiger partial charge on any atom is 0.296 e. The fourth-order valence-corrected chi connectivity index (χ4v) is 4.21. The second kappa shape index (κ2) is 10.3. The average molecular weight is 533 g/mol. The molecule has 0 amide bonds. The number of aromatic nitrogens is 4. The maximum atomic E-state index is 11.8. The van der Waals surface area contributed by atoms with E-state index in [-0.39, 0.29) is 29.9 Å². The summed E-state index contributed by atoms with van der Waals surface area (Å²) in [5.41, 5.74) is 5.31. The van der Waals surface area contributed by atoms with Crippen LogP contribution in [0.25, 0.3) is 46.4 Å². The Morgan fingerprint density at radius 1 is 0.686 bits per heavy atom. The molecule has 2 aliphatic rings. The van der Waals surface area contributed by atoms with Crippen LogP contribution in [0.15, 0.2) is 77.7 Å². The fraction of sp³-hybridized carbons (Fsp3) is 0. The second-order valence-corrected chi connectivity index (χ2v) is 8.98. The predicted molar refractivity (Wildman–Crippen MR) is 134 cm³/mol. The molecular formula is C26H19N4O3SZn-. The SMILES string of the molecule is O=S(=O)(O)c1cc2cc3ccc(cc4nc(cc5nc(cc1[nH]2)C=C5)C=C4)[nH]3.[Zn].[c-]1ccccc1. The Balaban J connectivity index is 0.000000363. The minimum atomic E-state index is -4.39. The van der Waals surface area contributed by atoms with Gasteiger partial charge in [0.25, 0.3) is 10.1 Å². The van der Waals surface area contributed by atoms with Crippen LogP contribution < -0.4 is 0 Å². The Morgan fingerprint density at radius 2 is 1.26 bits per heavy atom. The molecular weight excluding hydrogens is 514 g/mol. The summed E-state index contributed by atoms with van der Waals surface area (Å²) >= 11 is 0. The Bertz CT molecular complexity index is 1660. The molecule has 3 aromatic heterocycles. The zero-order chi connectivity index (χ0) is 23.5. The van der Waals surface area contributed by atoms with Gasteiger partial charge >= 0.3 is 0 Å². The fourth-order valence-electron chi connectivity index (χ4n) is 3.55. The Kier molecular flexibility index (Phi) is 7.21. The molecule has 0 aliphatic carbocycles. The van der Waals surface area contributed by atoms with Crippen LogP contribution in [0.3, 0.4) is 0 Å². The molecule has 4 aromatic rings. The Hall–Kier alpha value is -3.65. The van der Waals surface area contributed by atoms with Gasteiger partial charge in [0.2, 0.25) is 0 Å². The molecule has 0 saturated carbocycles. The topological polar surface area (TPSA) is 112 Å². The molecule has 5 heterocycles. The largest absolute Gasteiger partial charge is 0.355 e. The normalized spacial score (nSPS) is 11.9. The summed E-state index contributed by atoms with van der Waals surface area (Å²) in [7, 11) is -4.39. The first-order valence-corrected chi connectivity index (χ1v) is 11.8. The summed E-state index contributed by atoms with van der Waals surface area (Å²) in [5, 5.41) is 0. The average Bonchev–Trinajstić information content (AvgIpc) is 3.60. The van der Waals surface area contributed by atoms with Crippen LogP contribution in [0.1, 0.15) is 22.8 Å². The van der Waals surface area contributed by atoms with Gasteiger partial charge in [0, 0.05) is 36.0 Å². The van der Waals surface area contributed by atoms with E-state index in [1.165, 1.54) is 6.07 Å². The number of nitrogens with zero attached hydrogens (tertiary/aromatic N) is 2. The van der Waals surface area contributed by atoms with E-state index in [2.05, 4.69) is 26.0 Å². The van der Waals surface area contributed by atoms with Crippen molar-refractivity contribution in [1.29, 1.82) is 0 Å². The second-order valence-electron chi connectivity index (χ2n) is 7.59. The summed E-state index contributed by atoms with van der Waals surface area (Å²) in [5.74, 6) is 0. The standard InChI is InChI=1S/C20H14N4O3S.C6H5.Zn/c25-28(26,27)20-11-18-9-16-4-3-14(22-16)7-12-1-2-13(21-12)8-15-5-6-17(23-15)10-19(20)24-18;1-2-4-6-5-3-1;/h1-11,22,24H,(H,25,26,27);1-5H;/q;-1;. The van der Waals surface area contributed by atoms with Gasteiger partial charge in [0.1, 0.15) is 4.90 Å². The molecule has 9 heteroatoms. The molecule has 7 nitrogen and oxygen atoms in total. The van der Waals surface area contributed by atoms with E-state index in [9.17, 15) is 13.0 Å². The number of fused-ring (bicyclic) bond motifs is 8.